The highest BCUT2D eigenvalue weighted by atomic mass is 16.5. The van der Waals surface area contributed by atoms with Gasteiger partial charge in [0, 0.05) is 6.54 Å². The molecule has 1 radical (unpaired) electrons. The Hall–Kier alpha value is -1.02. The van der Waals surface area contributed by atoms with Gasteiger partial charge in [-0.15, -0.1) is 0 Å². The second-order valence-corrected chi connectivity index (χ2v) is 3.63. The second kappa shape index (κ2) is 5.01. The van der Waals surface area contributed by atoms with Crippen molar-refractivity contribution < 1.29 is 4.74 Å². The molecule has 2 rings (SSSR count). The predicted octanol–water partition coefficient (Wildman–Crippen LogP) is 1.96. The minimum atomic E-state index is 0.796. The molecule has 1 fully saturated rings. The Bertz CT molecular complexity index is 254. The number of likely N-dealkylation sites (tertiary alicyclic amines) is 1. The van der Waals surface area contributed by atoms with Crippen molar-refractivity contribution in [1.29, 1.82) is 0 Å². The lowest BCUT2D eigenvalue weighted by molar-refractivity contribution is 0.238. The van der Waals surface area contributed by atoms with E-state index in [1.807, 2.05) is 24.3 Å². The van der Waals surface area contributed by atoms with Crippen LogP contribution in [0, 0.1) is 6.07 Å². The van der Waals surface area contributed by atoms with E-state index in [1.165, 1.54) is 25.9 Å². The van der Waals surface area contributed by atoms with Gasteiger partial charge < -0.3 is 4.74 Å². The summed E-state index contributed by atoms with van der Waals surface area (Å²) in [5, 5.41) is 0. The first kappa shape index (κ1) is 9.53. The third kappa shape index (κ3) is 2.74. The molecule has 0 saturated carbocycles. The van der Waals surface area contributed by atoms with E-state index >= 15 is 0 Å². The monoisotopic (exact) mass is 190 g/mol. The fourth-order valence-electron chi connectivity index (χ4n) is 1.77. The molecule has 1 saturated heterocycles. The quantitative estimate of drug-likeness (QED) is 0.719. The third-order valence-electron chi connectivity index (χ3n) is 2.56. The van der Waals surface area contributed by atoms with E-state index < -0.39 is 0 Å². The molecule has 14 heavy (non-hydrogen) atoms. The molecule has 0 atom stereocenters. The Morgan fingerprint density at radius 1 is 1.21 bits per heavy atom. The van der Waals surface area contributed by atoms with Crippen molar-refractivity contribution in [3.05, 3.63) is 30.3 Å². The Labute approximate surface area is 85.5 Å². The molecule has 0 amide bonds. The lowest BCUT2D eigenvalue weighted by atomic mass is 10.3. The first-order valence-corrected chi connectivity index (χ1v) is 5.26. The van der Waals surface area contributed by atoms with Crippen LogP contribution in [0.3, 0.4) is 0 Å². The maximum atomic E-state index is 5.61. The van der Waals surface area contributed by atoms with Crippen LogP contribution in [-0.2, 0) is 0 Å². The van der Waals surface area contributed by atoms with E-state index in [2.05, 4.69) is 11.0 Å². The Balaban J connectivity index is 1.67. The SMILES string of the molecule is [c]1ccc(OCCN2CCCC2)cc1. The summed E-state index contributed by atoms with van der Waals surface area (Å²) in [6, 6.07) is 10.6. The summed E-state index contributed by atoms with van der Waals surface area (Å²) in [6.45, 7) is 4.33. The van der Waals surface area contributed by atoms with Gasteiger partial charge in [-0.3, -0.25) is 4.90 Å². The van der Waals surface area contributed by atoms with Gasteiger partial charge in [0.1, 0.15) is 12.4 Å². The van der Waals surface area contributed by atoms with Gasteiger partial charge in [-0.25, -0.2) is 0 Å². The Morgan fingerprint density at radius 2 is 1.93 bits per heavy atom. The number of hydrogen-bond acceptors (Lipinski definition) is 2. The van der Waals surface area contributed by atoms with Gasteiger partial charge in [-0.1, -0.05) is 12.1 Å². The average molecular weight is 190 g/mol. The summed E-state index contributed by atoms with van der Waals surface area (Å²) in [7, 11) is 0. The minimum Gasteiger partial charge on any atom is -0.492 e. The van der Waals surface area contributed by atoms with Gasteiger partial charge in [0.05, 0.1) is 0 Å². The fraction of sp³-hybridized carbons (Fsp3) is 0.500. The first-order chi connectivity index (χ1) is 6.95. The zero-order valence-corrected chi connectivity index (χ0v) is 8.41. The largest absolute Gasteiger partial charge is 0.492 e. The smallest absolute Gasteiger partial charge is 0.119 e. The van der Waals surface area contributed by atoms with Gasteiger partial charge in [-0.2, -0.15) is 0 Å². The number of hydrogen-bond donors (Lipinski definition) is 0. The zero-order valence-electron chi connectivity index (χ0n) is 8.41. The molecule has 1 heterocycles. The summed E-state index contributed by atoms with van der Waals surface area (Å²) in [4.78, 5) is 2.45. The van der Waals surface area contributed by atoms with E-state index in [-0.39, 0.29) is 0 Å². The molecule has 0 unspecified atom stereocenters. The van der Waals surface area contributed by atoms with Crippen LogP contribution in [0.5, 0.6) is 5.75 Å². The van der Waals surface area contributed by atoms with Crippen LogP contribution in [0.15, 0.2) is 24.3 Å². The van der Waals surface area contributed by atoms with E-state index in [1.54, 1.807) is 0 Å². The van der Waals surface area contributed by atoms with Crippen molar-refractivity contribution in [1.82, 2.24) is 4.90 Å². The first-order valence-electron chi connectivity index (χ1n) is 5.26. The molecule has 0 spiro atoms. The summed E-state index contributed by atoms with van der Waals surface area (Å²) in [6.07, 6.45) is 2.70. The molecule has 1 aliphatic rings. The van der Waals surface area contributed by atoms with E-state index in [9.17, 15) is 0 Å². The lowest BCUT2D eigenvalue weighted by Crippen LogP contribution is -2.25. The number of benzene rings is 1. The molecule has 1 aliphatic heterocycles. The normalized spacial score (nSPS) is 17.1. The molecular formula is C12H16NO. The van der Waals surface area contributed by atoms with Crippen LogP contribution >= 0.6 is 0 Å². The molecule has 1 aromatic carbocycles. The van der Waals surface area contributed by atoms with Crippen molar-refractivity contribution in [2.45, 2.75) is 12.8 Å². The molecule has 1 aromatic rings. The summed E-state index contributed by atoms with van der Waals surface area (Å²) >= 11 is 0. The van der Waals surface area contributed by atoms with Gasteiger partial charge in [0.25, 0.3) is 0 Å². The van der Waals surface area contributed by atoms with Gasteiger partial charge in [0.2, 0.25) is 0 Å². The molecule has 2 heteroatoms. The predicted molar refractivity (Wildman–Crippen MR) is 56.4 cm³/mol. The molecule has 2 nitrogen and oxygen atoms in total. The highest BCUT2D eigenvalue weighted by Crippen LogP contribution is 2.09. The third-order valence-corrected chi connectivity index (χ3v) is 2.56. The van der Waals surface area contributed by atoms with Crippen molar-refractivity contribution in [2.75, 3.05) is 26.2 Å². The maximum Gasteiger partial charge on any atom is 0.119 e. The number of rotatable bonds is 4. The summed E-state index contributed by atoms with van der Waals surface area (Å²) < 4.78 is 5.61. The topological polar surface area (TPSA) is 12.5 Å². The lowest BCUT2D eigenvalue weighted by Gasteiger charge is -2.14. The molecule has 0 bridgehead atoms. The average Bonchev–Trinajstić information content (AvgIpc) is 2.72. The van der Waals surface area contributed by atoms with Gasteiger partial charge in [0.15, 0.2) is 0 Å². The molecule has 0 aliphatic carbocycles. The summed E-state index contributed by atoms with van der Waals surface area (Å²) in [5.41, 5.74) is 0. The number of nitrogens with zero attached hydrogens (tertiary/aromatic N) is 1. The molecule has 75 valence electrons. The second-order valence-electron chi connectivity index (χ2n) is 3.63. The van der Waals surface area contributed by atoms with Crippen LogP contribution < -0.4 is 4.74 Å². The van der Waals surface area contributed by atoms with E-state index in [0.717, 1.165) is 18.9 Å². The highest BCUT2D eigenvalue weighted by Gasteiger charge is 2.10. The maximum absolute atomic E-state index is 5.61. The molecule has 0 aromatic heterocycles. The van der Waals surface area contributed by atoms with Crippen molar-refractivity contribution in [3.8, 4) is 5.75 Å². The van der Waals surface area contributed by atoms with E-state index in [0.29, 0.717) is 0 Å². The van der Waals surface area contributed by atoms with Crippen molar-refractivity contribution >= 4 is 0 Å². The van der Waals surface area contributed by atoms with Crippen molar-refractivity contribution in [3.63, 3.8) is 0 Å². The summed E-state index contributed by atoms with van der Waals surface area (Å²) in [5.74, 6) is 0.947. The van der Waals surface area contributed by atoms with Gasteiger partial charge >= 0.3 is 0 Å². The Morgan fingerprint density at radius 3 is 2.64 bits per heavy atom. The number of ether oxygens (including phenoxy) is 1. The zero-order chi connectivity index (χ0) is 9.64. The Kier molecular flexibility index (Phi) is 3.41. The minimum absolute atomic E-state index is 0.796. The highest BCUT2D eigenvalue weighted by molar-refractivity contribution is 5.20. The van der Waals surface area contributed by atoms with Crippen LogP contribution in [0.25, 0.3) is 0 Å². The van der Waals surface area contributed by atoms with Crippen LogP contribution in [0.4, 0.5) is 0 Å². The van der Waals surface area contributed by atoms with E-state index in [4.69, 9.17) is 4.74 Å². The fourth-order valence-corrected chi connectivity index (χ4v) is 1.77. The molecule has 0 N–H and O–H groups in total. The standard InChI is InChI=1S/C12H16NO/c1-2-6-12(7-3-1)14-11-10-13-8-4-5-9-13/h2-3,6-7H,4-5,8-11H2. The van der Waals surface area contributed by atoms with Gasteiger partial charge in [-0.05, 0) is 44.1 Å². The van der Waals surface area contributed by atoms with Crippen molar-refractivity contribution in [2.24, 2.45) is 0 Å². The van der Waals surface area contributed by atoms with Crippen LogP contribution in [0.1, 0.15) is 12.8 Å². The van der Waals surface area contributed by atoms with Crippen LogP contribution in [-0.4, -0.2) is 31.1 Å². The molecular weight excluding hydrogens is 174 g/mol. The van der Waals surface area contributed by atoms with Crippen LogP contribution in [0.2, 0.25) is 0 Å².